The van der Waals surface area contributed by atoms with Crippen LogP contribution in [-0.2, 0) is 10.5 Å². The second kappa shape index (κ2) is 3.72. The Labute approximate surface area is 73.8 Å². The lowest BCUT2D eigenvalue weighted by atomic mass is 10.5. The Kier molecular flexibility index (Phi) is 2.65. The molecule has 0 aromatic carbocycles. The monoisotopic (exact) mass is 201 g/mol. The zero-order valence-corrected chi connectivity index (χ0v) is 6.89. The largest absolute Gasteiger partial charge is 0.475 e. The molecule has 0 aliphatic rings. The summed E-state index contributed by atoms with van der Waals surface area (Å²) in [7, 11) is -2.65. The Morgan fingerprint density at radius 3 is 2.77 bits per heavy atom. The van der Waals surface area contributed by atoms with Gasteiger partial charge in [-0.3, -0.25) is 0 Å². The van der Waals surface area contributed by atoms with Crippen LogP contribution in [0.1, 0.15) is 10.6 Å². The molecular weight excluding hydrogens is 198 g/mol. The third-order valence-electron chi connectivity index (χ3n) is 1.00. The zero-order valence-electron chi connectivity index (χ0n) is 6.08. The number of rotatable bonds is 2. The van der Waals surface area contributed by atoms with Gasteiger partial charge in [-0.15, -0.1) is 4.36 Å². The SMILES string of the molecule is O=C(O)c1nccc(N=S(=O)=O)n1. The van der Waals surface area contributed by atoms with Crippen LogP contribution in [0, 0.1) is 0 Å². The highest BCUT2D eigenvalue weighted by Gasteiger charge is 2.06. The topological polar surface area (TPSA) is 110 Å². The smallest absolute Gasteiger partial charge is 0.374 e. The Bertz CT molecular complexity index is 458. The molecule has 0 amide bonds. The van der Waals surface area contributed by atoms with E-state index in [4.69, 9.17) is 5.11 Å². The van der Waals surface area contributed by atoms with Gasteiger partial charge in [0.15, 0.2) is 5.82 Å². The predicted molar refractivity (Wildman–Crippen MR) is 40.0 cm³/mol. The summed E-state index contributed by atoms with van der Waals surface area (Å²) in [5.74, 6) is -2.04. The first-order chi connectivity index (χ1) is 6.09. The van der Waals surface area contributed by atoms with Crippen LogP contribution in [0.3, 0.4) is 0 Å². The van der Waals surface area contributed by atoms with Crippen LogP contribution < -0.4 is 0 Å². The van der Waals surface area contributed by atoms with Crippen molar-refractivity contribution in [2.45, 2.75) is 0 Å². The molecule has 1 rings (SSSR count). The maximum atomic E-state index is 10.3. The molecule has 0 saturated carbocycles. The summed E-state index contributed by atoms with van der Waals surface area (Å²) in [6.07, 6.45) is 1.11. The fraction of sp³-hybridized carbons (Fsp3) is 0. The summed E-state index contributed by atoms with van der Waals surface area (Å²) in [5, 5.41) is 8.42. The molecule has 0 aliphatic heterocycles. The first kappa shape index (κ1) is 9.26. The molecule has 0 saturated heterocycles. The summed E-state index contributed by atoms with van der Waals surface area (Å²) >= 11 is 0. The van der Waals surface area contributed by atoms with E-state index < -0.39 is 22.3 Å². The molecule has 0 atom stereocenters. The van der Waals surface area contributed by atoms with E-state index in [1.807, 2.05) is 0 Å². The van der Waals surface area contributed by atoms with E-state index in [1.165, 1.54) is 6.07 Å². The second-order valence-corrected chi connectivity index (χ2v) is 2.47. The van der Waals surface area contributed by atoms with Crippen LogP contribution >= 0.6 is 0 Å². The normalized spacial score (nSPS) is 9.23. The minimum Gasteiger partial charge on any atom is -0.475 e. The highest BCUT2D eigenvalue weighted by atomic mass is 32.2. The van der Waals surface area contributed by atoms with Crippen LogP contribution in [-0.4, -0.2) is 29.5 Å². The van der Waals surface area contributed by atoms with Gasteiger partial charge in [0.2, 0.25) is 5.82 Å². The molecule has 0 fully saturated rings. The van der Waals surface area contributed by atoms with E-state index in [-0.39, 0.29) is 5.82 Å². The van der Waals surface area contributed by atoms with Gasteiger partial charge in [0.1, 0.15) is 0 Å². The van der Waals surface area contributed by atoms with E-state index in [0.717, 1.165) is 6.20 Å². The van der Waals surface area contributed by atoms with E-state index in [2.05, 4.69) is 14.3 Å². The van der Waals surface area contributed by atoms with Gasteiger partial charge in [0.25, 0.3) is 0 Å². The molecule has 13 heavy (non-hydrogen) atoms. The number of hydrogen-bond acceptors (Lipinski definition) is 6. The highest BCUT2D eigenvalue weighted by molar-refractivity contribution is 7.61. The first-order valence-electron chi connectivity index (χ1n) is 2.97. The summed E-state index contributed by atoms with van der Waals surface area (Å²) in [5.41, 5.74) is 0. The Morgan fingerprint density at radius 2 is 2.23 bits per heavy atom. The van der Waals surface area contributed by atoms with Gasteiger partial charge >= 0.3 is 16.5 Å². The van der Waals surface area contributed by atoms with Gasteiger partial charge in [-0.2, -0.15) is 8.42 Å². The predicted octanol–water partition coefficient (Wildman–Crippen LogP) is -0.131. The summed E-state index contributed by atoms with van der Waals surface area (Å²) in [4.78, 5) is 17.0. The van der Waals surface area contributed by atoms with E-state index in [9.17, 15) is 13.2 Å². The third-order valence-corrected chi connectivity index (χ3v) is 1.34. The number of aromatic carboxylic acids is 1. The molecule has 68 valence electrons. The standard InChI is InChI=1S/C5H3N3O4S/c9-5(10)4-6-2-1-3(7-4)8-13(11)12/h1-2H,(H,9,10). The second-order valence-electron chi connectivity index (χ2n) is 1.85. The Balaban J connectivity index is 3.20. The van der Waals surface area contributed by atoms with Gasteiger partial charge in [-0.05, 0) is 0 Å². The van der Waals surface area contributed by atoms with Crippen molar-refractivity contribution >= 4 is 22.3 Å². The van der Waals surface area contributed by atoms with Crippen LogP contribution in [0.15, 0.2) is 16.6 Å². The quantitative estimate of drug-likeness (QED) is 0.713. The Morgan fingerprint density at radius 1 is 1.54 bits per heavy atom. The van der Waals surface area contributed by atoms with Gasteiger partial charge in [-0.25, -0.2) is 14.8 Å². The maximum Gasteiger partial charge on any atom is 0.374 e. The fourth-order valence-corrected chi connectivity index (χ4v) is 0.834. The minimum atomic E-state index is -2.65. The van der Waals surface area contributed by atoms with Crippen molar-refractivity contribution < 1.29 is 18.3 Å². The van der Waals surface area contributed by atoms with Crippen molar-refractivity contribution in [3.63, 3.8) is 0 Å². The zero-order chi connectivity index (χ0) is 9.84. The van der Waals surface area contributed by atoms with Crippen LogP contribution in [0.4, 0.5) is 5.82 Å². The van der Waals surface area contributed by atoms with E-state index in [0.29, 0.717) is 0 Å². The molecule has 1 aromatic heterocycles. The summed E-state index contributed by atoms with van der Waals surface area (Å²) in [6.45, 7) is 0. The number of aromatic nitrogens is 2. The fourth-order valence-electron chi connectivity index (χ4n) is 0.579. The van der Waals surface area contributed by atoms with Crippen molar-refractivity contribution in [2.75, 3.05) is 0 Å². The highest BCUT2D eigenvalue weighted by Crippen LogP contribution is 2.05. The number of carbonyl (C=O) groups is 1. The summed E-state index contributed by atoms with van der Waals surface area (Å²) in [6, 6.07) is 1.18. The molecule has 0 unspecified atom stereocenters. The number of hydrogen-bond donors (Lipinski definition) is 1. The van der Waals surface area contributed by atoms with Crippen molar-refractivity contribution in [1.82, 2.24) is 9.97 Å². The molecule has 1 N–H and O–H groups in total. The molecule has 1 heterocycles. The minimum absolute atomic E-state index is 0.208. The number of nitrogens with zero attached hydrogens (tertiary/aromatic N) is 3. The third kappa shape index (κ3) is 2.60. The van der Waals surface area contributed by atoms with Gasteiger partial charge < -0.3 is 5.11 Å². The van der Waals surface area contributed by atoms with Gasteiger partial charge in [-0.1, -0.05) is 0 Å². The van der Waals surface area contributed by atoms with E-state index >= 15 is 0 Å². The molecule has 0 bridgehead atoms. The van der Waals surface area contributed by atoms with Crippen LogP contribution in [0.5, 0.6) is 0 Å². The average Bonchev–Trinajstić information content (AvgIpc) is 2.03. The first-order valence-corrected chi connectivity index (χ1v) is 4.00. The van der Waals surface area contributed by atoms with Gasteiger partial charge in [0.05, 0.1) is 0 Å². The van der Waals surface area contributed by atoms with Crippen molar-refractivity contribution in [1.29, 1.82) is 0 Å². The average molecular weight is 201 g/mol. The number of carboxylic acid groups (broad SMARTS) is 1. The molecule has 1 aromatic rings. The lowest BCUT2D eigenvalue weighted by Crippen LogP contribution is -2.02. The summed E-state index contributed by atoms with van der Waals surface area (Å²) < 4.78 is 23.2. The van der Waals surface area contributed by atoms with Crippen molar-refractivity contribution in [3.8, 4) is 0 Å². The lowest BCUT2D eigenvalue weighted by Gasteiger charge is -1.91. The molecule has 7 nitrogen and oxygen atoms in total. The Hall–Kier alpha value is -1.83. The lowest BCUT2D eigenvalue weighted by molar-refractivity contribution is 0.0683. The maximum absolute atomic E-state index is 10.3. The van der Waals surface area contributed by atoms with Gasteiger partial charge in [0, 0.05) is 12.3 Å². The van der Waals surface area contributed by atoms with Crippen LogP contribution in [0.2, 0.25) is 0 Å². The van der Waals surface area contributed by atoms with Crippen molar-refractivity contribution in [2.24, 2.45) is 4.36 Å². The number of carboxylic acids is 1. The van der Waals surface area contributed by atoms with Crippen molar-refractivity contribution in [3.05, 3.63) is 18.1 Å². The molecule has 0 radical (unpaired) electrons. The molecule has 0 aliphatic carbocycles. The molecular formula is C5H3N3O4S. The molecule has 8 heteroatoms. The molecule has 0 spiro atoms. The van der Waals surface area contributed by atoms with E-state index in [1.54, 1.807) is 0 Å². The van der Waals surface area contributed by atoms with Crippen LogP contribution in [0.25, 0.3) is 0 Å².